The third-order valence-corrected chi connectivity index (χ3v) is 11.1. The number of hydrogen-bond donors (Lipinski definition) is 1. The highest BCUT2D eigenvalue weighted by atomic mass is 32.1. The Morgan fingerprint density at radius 3 is 2.55 bits per heavy atom. The Balaban J connectivity index is 1.28. The van der Waals surface area contributed by atoms with Gasteiger partial charge in [-0.2, -0.15) is 0 Å². The van der Waals surface area contributed by atoms with Crippen molar-refractivity contribution in [1.29, 1.82) is 0 Å². The van der Waals surface area contributed by atoms with Gasteiger partial charge < -0.3 is 4.57 Å². The van der Waals surface area contributed by atoms with Crippen molar-refractivity contribution in [2.45, 2.75) is 23.9 Å². The van der Waals surface area contributed by atoms with E-state index in [1.807, 2.05) is 11.3 Å². The number of allylic oxidation sites excluding steroid dienone is 2. The topological polar surface area (TPSA) is 20.0 Å². The van der Waals surface area contributed by atoms with E-state index in [1.54, 1.807) is 0 Å². The molecule has 0 radical (unpaired) electrons. The zero-order chi connectivity index (χ0) is 25.7. The lowest BCUT2D eigenvalue weighted by Gasteiger charge is -2.22. The molecule has 2 fully saturated rings. The maximum atomic E-state index is 4.09. The van der Waals surface area contributed by atoms with Crippen LogP contribution in [0.15, 0.2) is 115 Å². The second kappa shape index (κ2) is 6.73. The number of nitrogens with one attached hydrogen (secondary N) is 1. The van der Waals surface area contributed by atoms with Gasteiger partial charge in [0.1, 0.15) is 11.8 Å². The first-order valence-electron chi connectivity index (χ1n) is 14.1. The van der Waals surface area contributed by atoms with Gasteiger partial charge in [0.2, 0.25) is 0 Å². The average Bonchev–Trinajstić information content (AvgIpc) is 3.35. The Kier molecular flexibility index (Phi) is 3.48. The quantitative estimate of drug-likeness (QED) is 0.215. The van der Waals surface area contributed by atoms with Crippen molar-refractivity contribution in [3.63, 3.8) is 0 Å². The van der Waals surface area contributed by atoms with Crippen molar-refractivity contribution in [3.8, 4) is 11.1 Å². The summed E-state index contributed by atoms with van der Waals surface area (Å²) >= 11 is 1.94. The number of rotatable bonds is 1. The van der Waals surface area contributed by atoms with Crippen LogP contribution in [0, 0.1) is 0 Å². The summed E-state index contributed by atoms with van der Waals surface area (Å²) in [5.74, 6) is 0. The highest BCUT2D eigenvalue weighted by Crippen LogP contribution is 2.69. The van der Waals surface area contributed by atoms with Crippen molar-refractivity contribution >= 4 is 64.1 Å². The molecule has 2 aromatic heterocycles. The molecule has 0 saturated carbocycles. The van der Waals surface area contributed by atoms with E-state index in [0.29, 0.717) is 18.2 Å². The lowest BCUT2D eigenvalue weighted by atomic mass is 9.95. The first-order chi connectivity index (χ1) is 19.8. The fourth-order valence-electron chi connectivity index (χ4n) is 8.40. The number of benzene rings is 5. The summed E-state index contributed by atoms with van der Waals surface area (Å²) < 4.78 is 5.42. The number of fused-ring (bicyclic) bond motifs is 12. The molecule has 4 aliphatic rings. The minimum absolute atomic E-state index is 0.116. The predicted molar refractivity (Wildman–Crippen MR) is 167 cm³/mol. The first kappa shape index (κ1) is 20.7. The molecular formula is C36H23N3S. The Labute approximate surface area is 234 Å². The molecule has 40 heavy (non-hydrogen) atoms. The summed E-state index contributed by atoms with van der Waals surface area (Å²) in [6.45, 7) is 0. The second-order valence-corrected chi connectivity index (χ2v) is 12.8. The summed E-state index contributed by atoms with van der Waals surface area (Å²) in [4.78, 5) is 2.71. The molecule has 5 heterocycles. The Hall–Kier alpha value is -4.22. The van der Waals surface area contributed by atoms with E-state index in [4.69, 9.17) is 0 Å². The number of piperazine rings is 1. The van der Waals surface area contributed by atoms with Crippen molar-refractivity contribution in [2.24, 2.45) is 0 Å². The molecule has 0 amide bonds. The largest absolute Gasteiger partial charge is 0.320 e. The minimum atomic E-state index is -0.116. The first-order valence-corrected chi connectivity index (χ1v) is 15.0. The molecule has 7 aromatic rings. The van der Waals surface area contributed by atoms with Crippen LogP contribution in [-0.4, -0.2) is 21.6 Å². The molecule has 0 bridgehead atoms. The number of hydrogen-bond acceptors (Lipinski definition) is 3. The molecule has 1 spiro atoms. The monoisotopic (exact) mass is 529 g/mol. The van der Waals surface area contributed by atoms with E-state index < -0.39 is 0 Å². The Bertz CT molecular complexity index is 2350. The smallest absolute Gasteiger partial charge is 0.138 e. The van der Waals surface area contributed by atoms with Crippen molar-refractivity contribution < 1.29 is 0 Å². The van der Waals surface area contributed by atoms with Gasteiger partial charge in [-0.05, 0) is 46.2 Å². The van der Waals surface area contributed by atoms with Crippen LogP contribution in [0.4, 0.5) is 0 Å². The zero-order valence-corrected chi connectivity index (χ0v) is 22.3. The highest BCUT2D eigenvalue weighted by molar-refractivity contribution is 7.26. The molecule has 3 aliphatic heterocycles. The number of nitrogens with zero attached hydrogens (tertiary/aromatic N) is 2. The van der Waals surface area contributed by atoms with Crippen LogP contribution < -0.4 is 5.32 Å². The van der Waals surface area contributed by atoms with Crippen LogP contribution >= 0.6 is 11.3 Å². The molecule has 11 rings (SSSR count). The predicted octanol–water partition coefficient (Wildman–Crippen LogP) is 8.43. The average molecular weight is 530 g/mol. The van der Waals surface area contributed by atoms with Gasteiger partial charge >= 0.3 is 0 Å². The maximum absolute atomic E-state index is 4.09. The summed E-state index contributed by atoms with van der Waals surface area (Å²) in [7, 11) is 0. The van der Waals surface area contributed by atoms with E-state index in [2.05, 4.69) is 130 Å². The van der Waals surface area contributed by atoms with Crippen LogP contribution in [0.2, 0.25) is 0 Å². The van der Waals surface area contributed by atoms with Gasteiger partial charge in [0.15, 0.2) is 0 Å². The van der Waals surface area contributed by atoms with Crippen LogP contribution in [0.1, 0.15) is 11.7 Å². The fraction of sp³-hybridized carbons (Fsp3) is 0.111. The molecule has 3 nitrogen and oxygen atoms in total. The van der Waals surface area contributed by atoms with Gasteiger partial charge in [-0.25, -0.2) is 4.90 Å². The normalized spacial score (nSPS) is 27.3. The van der Waals surface area contributed by atoms with Crippen molar-refractivity contribution in [1.82, 2.24) is 14.8 Å². The Morgan fingerprint density at radius 2 is 1.57 bits per heavy atom. The van der Waals surface area contributed by atoms with Crippen LogP contribution in [0.5, 0.6) is 0 Å². The van der Waals surface area contributed by atoms with Gasteiger partial charge in [-0.1, -0.05) is 91.0 Å². The van der Waals surface area contributed by atoms with Gasteiger partial charge in [0, 0.05) is 42.6 Å². The van der Waals surface area contributed by atoms with Crippen LogP contribution in [0.25, 0.3) is 63.9 Å². The molecular weight excluding hydrogens is 506 g/mol. The third-order valence-electron chi connectivity index (χ3n) is 9.95. The van der Waals surface area contributed by atoms with E-state index in [1.165, 1.54) is 69.4 Å². The summed E-state index contributed by atoms with van der Waals surface area (Å²) in [5, 5.41) is 12.3. The molecule has 188 valence electrons. The number of aromatic nitrogens is 1. The maximum Gasteiger partial charge on any atom is 0.138 e. The summed E-state index contributed by atoms with van der Waals surface area (Å²) in [6.07, 6.45) is 9.43. The SMILES string of the molecule is C1=CC2NC34c5cc6sc7ccccc7c6c6c7cc(-c8cccc9ccccc89)ccc7n(c56)C3N4C2C=C1. The van der Waals surface area contributed by atoms with E-state index in [0.717, 1.165) is 0 Å². The second-order valence-electron chi connectivity index (χ2n) is 11.7. The number of thiophene rings is 1. The van der Waals surface area contributed by atoms with Crippen LogP contribution in [0.3, 0.4) is 0 Å². The minimum Gasteiger partial charge on any atom is -0.320 e. The van der Waals surface area contributed by atoms with Gasteiger partial charge in [0.05, 0.1) is 17.1 Å². The molecule has 5 aromatic carbocycles. The lowest BCUT2D eigenvalue weighted by Crippen LogP contribution is -2.38. The van der Waals surface area contributed by atoms with Crippen molar-refractivity contribution in [3.05, 3.63) is 121 Å². The molecule has 4 heteroatoms. The molecule has 2 saturated heterocycles. The fourth-order valence-corrected chi connectivity index (χ4v) is 9.56. The zero-order valence-electron chi connectivity index (χ0n) is 21.5. The van der Waals surface area contributed by atoms with Crippen LogP contribution in [-0.2, 0) is 5.66 Å². The summed E-state index contributed by atoms with van der Waals surface area (Å²) in [5.41, 5.74) is 6.67. The standard InChI is InChI=1S/C36H23N3S/c1-2-10-22-20(8-1)9-7-12-23(22)21-16-17-28-25(18-21)33-32-24-11-3-6-15-30(24)40-31(32)19-26-34(33)38(28)35-36(26)37-27-13-4-5-14-29(27)39(35)36/h1-19,27,29,35,37H. The molecule has 5 unspecified atom stereocenters. The van der Waals surface area contributed by atoms with E-state index in [9.17, 15) is 0 Å². The highest BCUT2D eigenvalue weighted by Gasteiger charge is 2.76. The third kappa shape index (κ3) is 2.19. The van der Waals surface area contributed by atoms with Crippen molar-refractivity contribution in [2.75, 3.05) is 0 Å². The molecule has 1 N–H and O–H groups in total. The van der Waals surface area contributed by atoms with E-state index >= 15 is 0 Å². The Morgan fingerprint density at radius 1 is 0.725 bits per heavy atom. The molecule has 5 atom stereocenters. The van der Waals surface area contributed by atoms with Gasteiger partial charge in [-0.15, -0.1) is 11.3 Å². The summed E-state index contributed by atoms with van der Waals surface area (Å²) in [6, 6.07) is 34.8. The molecule has 1 aliphatic carbocycles. The van der Waals surface area contributed by atoms with Gasteiger partial charge in [-0.3, -0.25) is 5.32 Å². The van der Waals surface area contributed by atoms with Gasteiger partial charge in [0.25, 0.3) is 0 Å². The van der Waals surface area contributed by atoms with E-state index in [-0.39, 0.29) is 5.66 Å². The lowest BCUT2D eigenvalue weighted by molar-refractivity contribution is 0.390.